The van der Waals surface area contributed by atoms with E-state index in [2.05, 4.69) is 37.8 Å². The molecule has 1 aromatic carbocycles. The standard InChI is InChI=1S/C14H19N3O2/c1-10-16-12-8-11(4-5-13(12)17(10)2)6-7-15-9-14(18)19-3/h4-5,8,15H,6-7,9H2,1-3H3. The smallest absolute Gasteiger partial charge is 0.319 e. The number of aromatic nitrogens is 2. The van der Waals surface area contributed by atoms with Crippen LogP contribution in [0.15, 0.2) is 18.2 Å². The first-order chi connectivity index (χ1) is 9.11. The number of rotatable bonds is 5. The number of nitrogens with zero attached hydrogens (tertiary/aromatic N) is 2. The van der Waals surface area contributed by atoms with Gasteiger partial charge in [0.25, 0.3) is 0 Å². The van der Waals surface area contributed by atoms with Gasteiger partial charge in [-0.3, -0.25) is 4.79 Å². The molecule has 2 rings (SSSR count). The van der Waals surface area contributed by atoms with Gasteiger partial charge in [-0.25, -0.2) is 4.98 Å². The summed E-state index contributed by atoms with van der Waals surface area (Å²) in [4.78, 5) is 15.5. The SMILES string of the molecule is COC(=O)CNCCc1ccc2c(c1)nc(C)n2C. The molecule has 0 fully saturated rings. The van der Waals surface area contributed by atoms with Crippen LogP contribution in [-0.4, -0.2) is 35.7 Å². The van der Waals surface area contributed by atoms with Crippen molar-refractivity contribution in [3.8, 4) is 0 Å². The van der Waals surface area contributed by atoms with Crippen molar-refractivity contribution < 1.29 is 9.53 Å². The van der Waals surface area contributed by atoms with Gasteiger partial charge in [-0.15, -0.1) is 0 Å². The van der Waals surface area contributed by atoms with Crippen molar-refractivity contribution in [3.05, 3.63) is 29.6 Å². The summed E-state index contributed by atoms with van der Waals surface area (Å²) in [6.07, 6.45) is 0.864. The molecule has 102 valence electrons. The molecule has 0 bridgehead atoms. The molecule has 0 aliphatic carbocycles. The predicted molar refractivity (Wildman–Crippen MR) is 74.0 cm³/mol. The van der Waals surface area contributed by atoms with Crippen LogP contribution < -0.4 is 5.32 Å². The van der Waals surface area contributed by atoms with E-state index in [0.29, 0.717) is 0 Å². The summed E-state index contributed by atoms with van der Waals surface area (Å²) in [6.45, 7) is 2.99. The van der Waals surface area contributed by atoms with Crippen LogP contribution in [0.5, 0.6) is 0 Å². The minimum atomic E-state index is -0.240. The van der Waals surface area contributed by atoms with Crippen molar-refractivity contribution in [3.63, 3.8) is 0 Å². The molecule has 19 heavy (non-hydrogen) atoms. The Balaban J connectivity index is 1.96. The van der Waals surface area contributed by atoms with Gasteiger partial charge in [0.1, 0.15) is 5.82 Å². The van der Waals surface area contributed by atoms with E-state index in [9.17, 15) is 4.79 Å². The van der Waals surface area contributed by atoms with Crippen LogP contribution in [0.1, 0.15) is 11.4 Å². The molecule has 1 heterocycles. The highest BCUT2D eigenvalue weighted by Crippen LogP contribution is 2.16. The third-order valence-electron chi connectivity index (χ3n) is 3.26. The van der Waals surface area contributed by atoms with E-state index in [1.807, 2.05) is 14.0 Å². The largest absolute Gasteiger partial charge is 0.468 e. The number of esters is 1. The highest BCUT2D eigenvalue weighted by atomic mass is 16.5. The van der Waals surface area contributed by atoms with Gasteiger partial charge in [0.2, 0.25) is 0 Å². The zero-order valence-corrected chi connectivity index (χ0v) is 11.6. The Kier molecular flexibility index (Phi) is 4.16. The normalized spacial score (nSPS) is 10.9. The number of fused-ring (bicyclic) bond motifs is 1. The molecule has 0 saturated carbocycles. The van der Waals surface area contributed by atoms with E-state index in [1.165, 1.54) is 12.7 Å². The first kappa shape index (κ1) is 13.5. The molecular formula is C14H19N3O2. The molecule has 2 aromatic rings. The highest BCUT2D eigenvalue weighted by Gasteiger charge is 2.05. The molecule has 0 atom stereocenters. The Labute approximate surface area is 112 Å². The van der Waals surface area contributed by atoms with Gasteiger partial charge in [-0.1, -0.05) is 6.07 Å². The maximum absolute atomic E-state index is 10.9. The Morgan fingerprint density at radius 1 is 1.47 bits per heavy atom. The van der Waals surface area contributed by atoms with E-state index in [4.69, 9.17) is 0 Å². The molecule has 5 nitrogen and oxygen atoms in total. The second-order valence-corrected chi connectivity index (χ2v) is 4.54. The number of imidazole rings is 1. The maximum atomic E-state index is 10.9. The number of hydrogen-bond donors (Lipinski definition) is 1. The van der Waals surface area contributed by atoms with Crippen LogP contribution in [0, 0.1) is 6.92 Å². The van der Waals surface area contributed by atoms with Crippen molar-refractivity contribution in [2.45, 2.75) is 13.3 Å². The van der Waals surface area contributed by atoms with E-state index in [1.54, 1.807) is 0 Å². The van der Waals surface area contributed by atoms with Crippen LogP contribution in [0.4, 0.5) is 0 Å². The summed E-state index contributed by atoms with van der Waals surface area (Å²) in [5.41, 5.74) is 3.37. The Bertz CT molecular complexity index is 590. The highest BCUT2D eigenvalue weighted by molar-refractivity contribution is 5.76. The van der Waals surface area contributed by atoms with Crippen molar-refractivity contribution in [2.24, 2.45) is 7.05 Å². The van der Waals surface area contributed by atoms with Crippen LogP contribution in [0.2, 0.25) is 0 Å². The summed E-state index contributed by atoms with van der Waals surface area (Å²) < 4.78 is 6.64. The van der Waals surface area contributed by atoms with Gasteiger partial charge in [-0.05, 0) is 37.6 Å². The molecule has 0 radical (unpaired) electrons. The minimum absolute atomic E-state index is 0.240. The number of hydrogen-bond acceptors (Lipinski definition) is 4. The van der Waals surface area contributed by atoms with Crippen molar-refractivity contribution in [2.75, 3.05) is 20.2 Å². The van der Waals surface area contributed by atoms with E-state index >= 15 is 0 Å². The zero-order valence-electron chi connectivity index (χ0n) is 11.6. The number of benzene rings is 1. The lowest BCUT2D eigenvalue weighted by atomic mass is 10.1. The van der Waals surface area contributed by atoms with E-state index in [0.717, 1.165) is 29.8 Å². The number of ether oxygens (including phenoxy) is 1. The molecule has 0 aliphatic heterocycles. The lowest BCUT2D eigenvalue weighted by Gasteiger charge is -2.04. The summed E-state index contributed by atoms with van der Waals surface area (Å²) in [5.74, 6) is 0.770. The first-order valence-corrected chi connectivity index (χ1v) is 6.31. The predicted octanol–water partition coefficient (Wildman–Crippen LogP) is 1.19. The third-order valence-corrected chi connectivity index (χ3v) is 3.26. The Morgan fingerprint density at radius 3 is 3.00 bits per heavy atom. The molecule has 0 spiro atoms. The topological polar surface area (TPSA) is 56.1 Å². The zero-order chi connectivity index (χ0) is 13.8. The van der Waals surface area contributed by atoms with Gasteiger partial charge >= 0.3 is 5.97 Å². The molecule has 5 heteroatoms. The lowest BCUT2D eigenvalue weighted by molar-refractivity contribution is -0.139. The number of carbonyl (C=O) groups excluding carboxylic acids is 1. The van der Waals surface area contributed by atoms with Gasteiger partial charge in [0.05, 0.1) is 24.7 Å². The van der Waals surface area contributed by atoms with Crippen molar-refractivity contribution >= 4 is 17.0 Å². The van der Waals surface area contributed by atoms with Crippen LogP contribution in [0.25, 0.3) is 11.0 Å². The summed E-state index contributed by atoms with van der Waals surface area (Å²) in [6, 6.07) is 6.29. The Hall–Kier alpha value is -1.88. The number of carbonyl (C=O) groups is 1. The van der Waals surface area contributed by atoms with Crippen LogP contribution in [-0.2, 0) is 23.0 Å². The minimum Gasteiger partial charge on any atom is -0.468 e. The van der Waals surface area contributed by atoms with Gasteiger partial charge in [0, 0.05) is 7.05 Å². The number of methoxy groups -OCH3 is 1. The summed E-state index contributed by atoms with van der Waals surface area (Å²) >= 11 is 0. The molecule has 0 saturated heterocycles. The number of nitrogens with one attached hydrogen (secondary N) is 1. The van der Waals surface area contributed by atoms with Crippen LogP contribution in [0.3, 0.4) is 0 Å². The maximum Gasteiger partial charge on any atom is 0.319 e. The molecular weight excluding hydrogens is 242 g/mol. The quantitative estimate of drug-likeness (QED) is 0.649. The van der Waals surface area contributed by atoms with Crippen molar-refractivity contribution in [1.82, 2.24) is 14.9 Å². The molecule has 0 amide bonds. The molecule has 1 N–H and O–H groups in total. The second kappa shape index (κ2) is 5.84. The lowest BCUT2D eigenvalue weighted by Crippen LogP contribution is -2.25. The average molecular weight is 261 g/mol. The fourth-order valence-electron chi connectivity index (χ4n) is 2.02. The fourth-order valence-corrected chi connectivity index (χ4v) is 2.02. The summed E-state index contributed by atoms with van der Waals surface area (Å²) in [5, 5.41) is 3.05. The van der Waals surface area contributed by atoms with E-state index in [-0.39, 0.29) is 12.5 Å². The molecule has 0 aliphatic rings. The van der Waals surface area contributed by atoms with E-state index < -0.39 is 0 Å². The fraction of sp³-hybridized carbons (Fsp3) is 0.429. The first-order valence-electron chi connectivity index (χ1n) is 6.31. The van der Waals surface area contributed by atoms with Gasteiger partial charge in [0.15, 0.2) is 0 Å². The summed E-state index contributed by atoms with van der Waals surface area (Å²) in [7, 11) is 3.41. The Morgan fingerprint density at radius 2 is 2.26 bits per heavy atom. The number of aryl methyl sites for hydroxylation is 2. The molecule has 0 unspecified atom stereocenters. The second-order valence-electron chi connectivity index (χ2n) is 4.54. The van der Waals surface area contributed by atoms with Gasteiger partial charge < -0.3 is 14.6 Å². The average Bonchev–Trinajstić information content (AvgIpc) is 2.69. The monoisotopic (exact) mass is 261 g/mol. The van der Waals surface area contributed by atoms with Crippen molar-refractivity contribution in [1.29, 1.82) is 0 Å². The van der Waals surface area contributed by atoms with Crippen LogP contribution >= 0.6 is 0 Å². The third kappa shape index (κ3) is 3.12. The molecule has 1 aromatic heterocycles. The van der Waals surface area contributed by atoms with Gasteiger partial charge in [-0.2, -0.15) is 0 Å².